The third-order valence-corrected chi connectivity index (χ3v) is 4.19. The molecule has 0 saturated heterocycles. The second kappa shape index (κ2) is 6.65. The van der Waals surface area contributed by atoms with Crippen molar-refractivity contribution < 1.29 is 9.59 Å². The van der Waals surface area contributed by atoms with Crippen LogP contribution in [-0.2, 0) is 19.5 Å². The van der Waals surface area contributed by atoms with E-state index in [0.717, 1.165) is 0 Å². The van der Waals surface area contributed by atoms with Crippen LogP contribution in [0.1, 0.15) is 34.2 Å². The number of rotatable bonds is 3. The predicted octanol–water partition coefficient (Wildman–Crippen LogP) is 1.46. The van der Waals surface area contributed by atoms with Gasteiger partial charge in [-0.2, -0.15) is 10.4 Å². The van der Waals surface area contributed by atoms with Crippen molar-refractivity contribution >= 4 is 17.6 Å². The highest BCUT2D eigenvalue weighted by Crippen LogP contribution is 2.21. The van der Waals surface area contributed by atoms with Crippen LogP contribution in [0.2, 0.25) is 0 Å². The van der Waals surface area contributed by atoms with Crippen molar-refractivity contribution in [2.24, 2.45) is 5.73 Å². The van der Waals surface area contributed by atoms with Crippen LogP contribution in [0, 0.1) is 11.3 Å². The number of nitriles is 1. The molecule has 3 N–H and O–H groups in total. The molecule has 8 nitrogen and oxygen atoms in total. The van der Waals surface area contributed by atoms with Crippen molar-refractivity contribution in [2.75, 3.05) is 11.9 Å². The molecule has 8 heteroatoms. The zero-order valence-electron chi connectivity index (χ0n) is 13.8. The molecule has 2 heterocycles. The van der Waals surface area contributed by atoms with Crippen LogP contribution in [0.5, 0.6) is 0 Å². The van der Waals surface area contributed by atoms with Crippen LogP contribution in [0.3, 0.4) is 0 Å². The molecule has 0 fully saturated rings. The molecule has 128 valence electrons. The van der Waals surface area contributed by atoms with Crippen molar-refractivity contribution in [3.63, 3.8) is 0 Å². The van der Waals surface area contributed by atoms with Crippen molar-refractivity contribution in [3.8, 4) is 6.07 Å². The summed E-state index contributed by atoms with van der Waals surface area (Å²) in [6.45, 7) is 3.18. The molecule has 0 radical (unpaired) electrons. The fraction of sp³-hybridized carbons (Fsp3) is 0.294. The van der Waals surface area contributed by atoms with E-state index in [1.807, 2.05) is 13.0 Å². The van der Waals surface area contributed by atoms with Gasteiger partial charge in [-0.15, -0.1) is 0 Å². The number of hydrogen-bond acceptors (Lipinski definition) is 4. The molecular formula is C17H18N6O2. The third-order valence-electron chi connectivity index (χ3n) is 4.19. The molecule has 0 atom stereocenters. The normalized spacial score (nSPS) is 13.0. The number of nitrogens with zero attached hydrogens (tertiary/aromatic N) is 4. The third kappa shape index (κ3) is 3.17. The second-order valence-corrected chi connectivity index (χ2v) is 5.75. The average Bonchev–Trinajstić information content (AvgIpc) is 3.00. The summed E-state index contributed by atoms with van der Waals surface area (Å²) >= 11 is 0. The Labute approximate surface area is 144 Å². The van der Waals surface area contributed by atoms with E-state index in [9.17, 15) is 9.59 Å². The summed E-state index contributed by atoms with van der Waals surface area (Å²) in [5.41, 5.74) is 8.37. The quantitative estimate of drug-likeness (QED) is 0.881. The topological polar surface area (TPSA) is 117 Å². The number of carbonyl (C=O) groups excluding carboxylic acids is 2. The van der Waals surface area contributed by atoms with E-state index in [1.54, 1.807) is 33.8 Å². The number of amides is 3. The molecule has 0 unspecified atom stereocenters. The fourth-order valence-electron chi connectivity index (χ4n) is 2.91. The van der Waals surface area contributed by atoms with E-state index >= 15 is 0 Å². The molecule has 0 bridgehead atoms. The molecular weight excluding hydrogens is 320 g/mol. The number of fused-ring (bicyclic) bond motifs is 1. The molecule has 2 aromatic rings. The molecule has 25 heavy (non-hydrogen) atoms. The Hall–Kier alpha value is -3.34. The van der Waals surface area contributed by atoms with Gasteiger partial charge in [-0.25, -0.2) is 4.79 Å². The Morgan fingerprint density at radius 1 is 1.32 bits per heavy atom. The van der Waals surface area contributed by atoms with Crippen LogP contribution < -0.4 is 11.1 Å². The van der Waals surface area contributed by atoms with Gasteiger partial charge in [0.25, 0.3) is 5.91 Å². The summed E-state index contributed by atoms with van der Waals surface area (Å²) in [6, 6.07) is 8.38. The Balaban J connectivity index is 1.77. The predicted molar refractivity (Wildman–Crippen MR) is 90.7 cm³/mol. The van der Waals surface area contributed by atoms with Crippen LogP contribution in [-0.4, -0.2) is 33.2 Å². The zero-order valence-corrected chi connectivity index (χ0v) is 13.8. The molecule has 1 aromatic heterocycles. The SMILES string of the molecule is CCc1nn2c(c1C(N)=O)CN(C(=O)Nc1ccc(C#N)cc1)CC2. The summed E-state index contributed by atoms with van der Waals surface area (Å²) in [4.78, 5) is 25.9. The first kappa shape index (κ1) is 16.5. The first-order chi connectivity index (χ1) is 12.0. The van der Waals surface area contributed by atoms with Gasteiger partial charge in [-0.3, -0.25) is 9.48 Å². The van der Waals surface area contributed by atoms with E-state index in [-0.39, 0.29) is 12.6 Å². The Morgan fingerprint density at radius 3 is 2.64 bits per heavy atom. The maximum Gasteiger partial charge on any atom is 0.322 e. The number of aryl methyl sites for hydroxylation is 1. The highest BCUT2D eigenvalue weighted by Gasteiger charge is 2.28. The largest absolute Gasteiger partial charge is 0.365 e. The molecule has 1 aromatic carbocycles. The number of urea groups is 1. The van der Waals surface area contributed by atoms with Gasteiger partial charge in [0.1, 0.15) is 0 Å². The number of aromatic nitrogens is 2. The number of anilines is 1. The van der Waals surface area contributed by atoms with Crippen LogP contribution in [0.15, 0.2) is 24.3 Å². The van der Waals surface area contributed by atoms with E-state index in [1.165, 1.54) is 0 Å². The summed E-state index contributed by atoms with van der Waals surface area (Å²) in [5, 5.41) is 16.0. The Morgan fingerprint density at radius 2 is 2.04 bits per heavy atom. The maximum absolute atomic E-state index is 12.5. The molecule has 0 saturated carbocycles. The van der Waals surface area contributed by atoms with Crippen molar-refractivity contribution in [1.82, 2.24) is 14.7 Å². The van der Waals surface area contributed by atoms with Gasteiger partial charge in [0.05, 0.1) is 41.7 Å². The van der Waals surface area contributed by atoms with Gasteiger partial charge in [0.15, 0.2) is 0 Å². The van der Waals surface area contributed by atoms with Crippen LogP contribution in [0.4, 0.5) is 10.5 Å². The van der Waals surface area contributed by atoms with E-state index < -0.39 is 5.91 Å². The number of primary amides is 1. The Bertz CT molecular complexity index is 862. The van der Waals surface area contributed by atoms with Gasteiger partial charge in [-0.1, -0.05) is 6.92 Å². The number of carbonyl (C=O) groups is 2. The van der Waals surface area contributed by atoms with Gasteiger partial charge < -0.3 is 16.0 Å². The molecule has 3 amide bonds. The minimum absolute atomic E-state index is 0.271. The lowest BCUT2D eigenvalue weighted by Gasteiger charge is -2.28. The number of nitrogens with one attached hydrogen (secondary N) is 1. The fourth-order valence-corrected chi connectivity index (χ4v) is 2.91. The van der Waals surface area contributed by atoms with E-state index in [2.05, 4.69) is 10.4 Å². The average molecular weight is 338 g/mol. The van der Waals surface area contributed by atoms with Crippen molar-refractivity contribution in [3.05, 3.63) is 46.8 Å². The first-order valence-corrected chi connectivity index (χ1v) is 7.98. The highest BCUT2D eigenvalue weighted by atomic mass is 16.2. The van der Waals surface area contributed by atoms with E-state index in [0.29, 0.717) is 47.7 Å². The number of hydrogen-bond donors (Lipinski definition) is 2. The smallest absolute Gasteiger partial charge is 0.322 e. The minimum atomic E-state index is -0.521. The molecule has 0 spiro atoms. The van der Waals surface area contributed by atoms with Crippen molar-refractivity contribution in [1.29, 1.82) is 5.26 Å². The van der Waals surface area contributed by atoms with Crippen LogP contribution in [0.25, 0.3) is 0 Å². The van der Waals surface area contributed by atoms with Crippen molar-refractivity contribution in [2.45, 2.75) is 26.4 Å². The monoisotopic (exact) mass is 338 g/mol. The van der Waals surface area contributed by atoms with Gasteiger partial charge in [-0.05, 0) is 30.7 Å². The second-order valence-electron chi connectivity index (χ2n) is 5.75. The number of benzene rings is 1. The Kier molecular flexibility index (Phi) is 4.39. The zero-order chi connectivity index (χ0) is 18.0. The summed E-state index contributed by atoms with van der Waals surface area (Å²) in [6.07, 6.45) is 0.607. The summed E-state index contributed by atoms with van der Waals surface area (Å²) in [7, 11) is 0. The van der Waals surface area contributed by atoms with Gasteiger partial charge in [0, 0.05) is 12.2 Å². The molecule has 0 aliphatic carbocycles. The first-order valence-electron chi connectivity index (χ1n) is 7.98. The lowest BCUT2D eigenvalue weighted by Crippen LogP contribution is -2.41. The lowest BCUT2D eigenvalue weighted by molar-refractivity contribution is 0.0996. The minimum Gasteiger partial charge on any atom is -0.365 e. The molecule has 1 aliphatic heterocycles. The summed E-state index contributed by atoms with van der Waals surface area (Å²) < 4.78 is 1.75. The van der Waals surface area contributed by atoms with Gasteiger partial charge in [0.2, 0.25) is 0 Å². The molecule has 3 rings (SSSR count). The summed E-state index contributed by atoms with van der Waals surface area (Å²) in [5.74, 6) is -0.521. The number of nitrogens with two attached hydrogens (primary N) is 1. The van der Waals surface area contributed by atoms with Crippen LogP contribution >= 0.6 is 0 Å². The standard InChI is InChI=1S/C17H18N6O2/c1-2-13-15(16(19)24)14-10-22(7-8-23(14)21-13)17(25)20-12-5-3-11(9-18)4-6-12/h3-6H,2,7-8,10H2,1H3,(H2,19,24)(H,20,25). The highest BCUT2D eigenvalue weighted by molar-refractivity contribution is 5.95. The molecule has 1 aliphatic rings. The lowest BCUT2D eigenvalue weighted by atomic mass is 10.1. The van der Waals surface area contributed by atoms with Gasteiger partial charge >= 0.3 is 6.03 Å². The maximum atomic E-state index is 12.5. The van der Waals surface area contributed by atoms with E-state index in [4.69, 9.17) is 11.0 Å².